The number of ether oxygens (including phenoxy) is 1. The highest BCUT2D eigenvalue weighted by atomic mass is 35.5. The summed E-state index contributed by atoms with van der Waals surface area (Å²) in [7, 11) is 0. The first-order chi connectivity index (χ1) is 10.5. The summed E-state index contributed by atoms with van der Waals surface area (Å²) in [5.74, 6) is -1.19. The fourth-order valence-corrected chi connectivity index (χ4v) is 2.27. The summed E-state index contributed by atoms with van der Waals surface area (Å²) in [4.78, 5) is 34.8. The number of rotatable bonds is 5. The molecule has 1 heterocycles. The van der Waals surface area contributed by atoms with Crippen LogP contribution in [0.2, 0.25) is 5.02 Å². The van der Waals surface area contributed by atoms with Gasteiger partial charge in [0.05, 0.1) is 0 Å². The van der Waals surface area contributed by atoms with E-state index in [0.29, 0.717) is 17.9 Å². The van der Waals surface area contributed by atoms with Crippen molar-refractivity contribution in [3.8, 4) is 0 Å². The average Bonchev–Trinajstić information content (AvgIpc) is 2.92. The molecule has 1 aliphatic rings. The highest BCUT2D eigenvalue weighted by Gasteiger charge is 2.30. The van der Waals surface area contributed by atoms with Gasteiger partial charge in [0.1, 0.15) is 6.04 Å². The number of carbonyl (C=O) groups is 3. The molecule has 2 rings (SSSR count). The van der Waals surface area contributed by atoms with Crippen molar-refractivity contribution in [3.63, 3.8) is 0 Å². The summed E-state index contributed by atoms with van der Waals surface area (Å²) in [5, 5.41) is 5.71. The molecule has 6 nitrogen and oxygen atoms in total. The first-order valence-corrected chi connectivity index (χ1v) is 7.36. The Labute approximate surface area is 133 Å². The molecule has 0 aliphatic carbocycles. The van der Waals surface area contributed by atoms with Crippen LogP contribution < -0.4 is 10.6 Å². The first kappa shape index (κ1) is 16.3. The summed E-state index contributed by atoms with van der Waals surface area (Å²) >= 11 is 5.99. The van der Waals surface area contributed by atoms with Crippen LogP contribution in [-0.2, 0) is 25.7 Å². The molecule has 2 atom stereocenters. The maximum atomic E-state index is 11.9. The predicted octanol–water partition coefficient (Wildman–Crippen LogP) is 1.17. The molecule has 0 aromatic heterocycles. The van der Waals surface area contributed by atoms with Crippen molar-refractivity contribution in [2.24, 2.45) is 0 Å². The highest BCUT2D eigenvalue weighted by Crippen LogP contribution is 2.14. The van der Waals surface area contributed by atoms with E-state index in [1.54, 1.807) is 18.2 Å². The van der Waals surface area contributed by atoms with Gasteiger partial charge in [-0.05, 0) is 25.0 Å². The largest absolute Gasteiger partial charge is 0.451 e. The van der Waals surface area contributed by atoms with Crippen LogP contribution in [0.4, 0.5) is 0 Å². The van der Waals surface area contributed by atoms with Gasteiger partial charge in [-0.3, -0.25) is 9.59 Å². The number of carbonyl (C=O) groups excluding carboxylic acids is 3. The Hall–Kier alpha value is -2.08. The smallest absolute Gasteiger partial charge is 0.329 e. The Bertz CT molecular complexity index is 591. The number of benzene rings is 1. The lowest BCUT2D eigenvalue weighted by atomic mass is 10.2. The van der Waals surface area contributed by atoms with Crippen LogP contribution in [0.15, 0.2) is 24.3 Å². The van der Waals surface area contributed by atoms with Gasteiger partial charge in [-0.25, -0.2) is 4.79 Å². The van der Waals surface area contributed by atoms with E-state index < -0.39 is 24.0 Å². The molecule has 1 aliphatic heterocycles. The molecule has 1 aromatic carbocycles. The molecule has 1 fully saturated rings. The molecule has 2 N–H and O–H groups in total. The average molecular weight is 325 g/mol. The zero-order valence-corrected chi connectivity index (χ0v) is 12.9. The quantitative estimate of drug-likeness (QED) is 0.796. The Morgan fingerprint density at radius 2 is 2.18 bits per heavy atom. The van der Waals surface area contributed by atoms with Gasteiger partial charge in [0.25, 0.3) is 5.91 Å². The normalized spacial score (nSPS) is 18.5. The predicted molar refractivity (Wildman–Crippen MR) is 80.0 cm³/mol. The van der Waals surface area contributed by atoms with Gasteiger partial charge in [-0.1, -0.05) is 29.8 Å². The maximum absolute atomic E-state index is 11.9. The number of esters is 1. The molecule has 0 radical (unpaired) electrons. The molecule has 0 unspecified atom stereocenters. The third kappa shape index (κ3) is 4.21. The molecule has 0 saturated carbocycles. The summed E-state index contributed by atoms with van der Waals surface area (Å²) in [6, 6.07) is 6.49. The lowest BCUT2D eigenvalue weighted by Gasteiger charge is -2.16. The van der Waals surface area contributed by atoms with E-state index in [9.17, 15) is 14.4 Å². The van der Waals surface area contributed by atoms with Gasteiger partial charge in [0.2, 0.25) is 5.91 Å². The van der Waals surface area contributed by atoms with E-state index in [2.05, 4.69) is 10.6 Å². The minimum atomic E-state index is -0.938. The maximum Gasteiger partial charge on any atom is 0.329 e. The topological polar surface area (TPSA) is 84.5 Å². The number of hydrogen-bond acceptors (Lipinski definition) is 4. The van der Waals surface area contributed by atoms with E-state index >= 15 is 0 Å². The van der Waals surface area contributed by atoms with E-state index in [-0.39, 0.29) is 12.5 Å². The Kier molecular flexibility index (Phi) is 5.38. The van der Waals surface area contributed by atoms with Crippen LogP contribution in [0.1, 0.15) is 25.3 Å². The number of amides is 2. The third-order valence-electron chi connectivity index (χ3n) is 3.35. The molecule has 22 heavy (non-hydrogen) atoms. The van der Waals surface area contributed by atoms with Crippen molar-refractivity contribution in [2.45, 2.75) is 38.5 Å². The van der Waals surface area contributed by atoms with Crippen LogP contribution in [0, 0.1) is 0 Å². The van der Waals surface area contributed by atoms with Crippen LogP contribution in [0.25, 0.3) is 0 Å². The standard InChI is InChI=1S/C15H17ClN2O4/c1-9(22-15(21)12-6-7-13(19)18-12)14(20)17-8-10-4-2-3-5-11(10)16/h2-5,9,12H,6-8H2,1H3,(H,17,20)(H,18,19)/t9-,12+/m1/s1. The molecular weight excluding hydrogens is 308 g/mol. The second kappa shape index (κ2) is 7.26. The second-order valence-corrected chi connectivity index (χ2v) is 5.45. The van der Waals surface area contributed by atoms with E-state index in [0.717, 1.165) is 5.56 Å². The van der Waals surface area contributed by atoms with Gasteiger partial charge < -0.3 is 15.4 Å². The molecule has 0 bridgehead atoms. The number of hydrogen-bond donors (Lipinski definition) is 2. The van der Waals surface area contributed by atoms with Crippen molar-refractivity contribution in [3.05, 3.63) is 34.9 Å². The minimum Gasteiger partial charge on any atom is -0.451 e. The summed E-state index contributed by atoms with van der Waals surface area (Å²) in [5.41, 5.74) is 0.777. The minimum absolute atomic E-state index is 0.183. The van der Waals surface area contributed by atoms with Crippen molar-refractivity contribution in [1.29, 1.82) is 0 Å². The molecule has 0 spiro atoms. The van der Waals surface area contributed by atoms with Gasteiger partial charge >= 0.3 is 5.97 Å². The van der Waals surface area contributed by atoms with Crippen molar-refractivity contribution in [1.82, 2.24) is 10.6 Å². The Balaban J connectivity index is 1.81. The van der Waals surface area contributed by atoms with Gasteiger partial charge in [-0.15, -0.1) is 0 Å². The fraction of sp³-hybridized carbons (Fsp3) is 0.400. The molecule has 2 amide bonds. The van der Waals surface area contributed by atoms with E-state index in [4.69, 9.17) is 16.3 Å². The van der Waals surface area contributed by atoms with E-state index in [1.807, 2.05) is 6.07 Å². The first-order valence-electron chi connectivity index (χ1n) is 6.98. The molecule has 1 aromatic rings. The van der Waals surface area contributed by atoms with E-state index in [1.165, 1.54) is 6.92 Å². The second-order valence-electron chi connectivity index (χ2n) is 5.05. The summed E-state index contributed by atoms with van der Waals surface area (Å²) < 4.78 is 5.06. The van der Waals surface area contributed by atoms with Crippen LogP contribution in [0.5, 0.6) is 0 Å². The zero-order chi connectivity index (χ0) is 16.1. The van der Waals surface area contributed by atoms with Gasteiger partial charge in [0, 0.05) is 18.0 Å². The molecular formula is C15H17ClN2O4. The lowest BCUT2D eigenvalue weighted by Crippen LogP contribution is -2.41. The van der Waals surface area contributed by atoms with Gasteiger partial charge in [-0.2, -0.15) is 0 Å². The summed E-state index contributed by atoms with van der Waals surface area (Å²) in [6.07, 6.45) is -0.245. The Morgan fingerprint density at radius 3 is 2.82 bits per heavy atom. The Morgan fingerprint density at radius 1 is 1.45 bits per heavy atom. The fourth-order valence-electron chi connectivity index (χ4n) is 2.07. The van der Waals surface area contributed by atoms with Crippen LogP contribution in [-0.4, -0.2) is 29.9 Å². The highest BCUT2D eigenvalue weighted by molar-refractivity contribution is 6.31. The monoisotopic (exact) mass is 324 g/mol. The van der Waals surface area contributed by atoms with Crippen molar-refractivity contribution >= 4 is 29.4 Å². The molecule has 118 valence electrons. The molecule has 7 heteroatoms. The third-order valence-corrected chi connectivity index (χ3v) is 3.72. The van der Waals surface area contributed by atoms with Crippen LogP contribution >= 0.6 is 11.6 Å². The SMILES string of the molecule is C[C@@H](OC(=O)[C@@H]1CCC(=O)N1)C(=O)NCc1ccccc1Cl. The van der Waals surface area contributed by atoms with Gasteiger partial charge in [0.15, 0.2) is 6.10 Å². The number of halogens is 1. The summed E-state index contributed by atoms with van der Waals surface area (Å²) in [6.45, 7) is 1.73. The zero-order valence-electron chi connectivity index (χ0n) is 12.1. The molecule has 1 saturated heterocycles. The van der Waals surface area contributed by atoms with Crippen LogP contribution in [0.3, 0.4) is 0 Å². The lowest BCUT2D eigenvalue weighted by molar-refractivity contribution is -0.156. The van der Waals surface area contributed by atoms with Crippen molar-refractivity contribution in [2.75, 3.05) is 0 Å². The number of nitrogens with one attached hydrogen (secondary N) is 2. The van der Waals surface area contributed by atoms with Crippen molar-refractivity contribution < 1.29 is 19.1 Å².